The Morgan fingerprint density at radius 1 is 1.10 bits per heavy atom. The Morgan fingerprint density at radius 3 is 2.33 bits per heavy atom. The third-order valence-corrected chi connectivity index (χ3v) is 5.53. The fourth-order valence-corrected chi connectivity index (χ4v) is 4.09. The van der Waals surface area contributed by atoms with Gasteiger partial charge in [0.1, 0.15) is 0 Å². The van der Waals surface area contributed by atoms with E-state index in [1.807, 2.05) is 54.6 Å². The van der Waals surface area contributed by atoms with Gasteiger partial charge in [0.05, 0.1) is 11.8 Å². The molecular formula is C21H27IN4O3S. The molecule has 2 N–H and O–H groups in total. The van der Waals surface area contributed by atoms with E-state index in [0.29, 0.717) is 25.5 Å². The number of benzene rings is 2. The molecule has 1 aliphatic rings. The highest BCUT2D eigenvalue weighted by molar-refractivity contribution is 14.0. The fourth-order valence-electron chi connectivity index (χ4n) is 3.29. The highest BCUT2D eigenvalue weighted by atomic mass is 127. The molecule has 0 aromatic heterocycles. The standard InChI is InChI=1S/C21H26N4O3S.HI/c1-22-21(23-13-16-8-10-17(11-9-16)15-29(2,27)28)24-18-12-20(26)25(14-18)19-6-4-3-5-7-19;/h3-11,18H,12-15H2,1-2H3,(H2,22,23,24);1H. The molecule has 30 heavy (non-hydrogen) atoms. The summed E-state index contributed by atoms with van der Waals surface area (Å²) in [6.45, 7) is 1.13. The molecule has 0 radical (unpaired) electrons. The number of sulfone groups is 1. The second-order valence-corrected chi connectivity index (χ2v) is 9.34. The summed E-state index contributed by atoms with van der Waals surface area (Å²) in [4.78, 5) is 18.4. The van der Waals surface area contributed by atoms with Gasteiger partial charge in [-0.1, -0.05) is 42.5 Å². The topological polar surface area (TPSA) is 90.9 Å². The number of aliphatic imine (C=N–C) groups is 1. The van der Waals surface area contributed by atoms with E-state index in [9.17, 15) is 13.2 Å². The Bertz CT molecular complexity index is 979. The number of amides is 1. The van der Waals surface area contributed by atoms with Crippen LogP contribution in [0.2, 0.25) is 0 Å². The largest absolute Gasteiger partial charge is 0.352 e. The Labute approximate surface area is 194 Å². The van der Waals surface area contributed by atoms with Crippen molar-refractivity contribution in [2.75, 3.05) is 24.7 Å². The van der Waals surface area contributed by atoms with E-state index in [1.54, 1.807) is 11.9 Å². The zero-order valence-electron chi connectivity index (χ0n) is 17.0. The minimum Gasteiger partial charge on any atom is -0.352 e. The van der Waals surface area contributed by atoms with Crippen molar-refractivity contribution in [1.82, 2.24) is 10.6 Å². The van der Waals surface area contributed by atoms with Crippen LogP contribution in [0.4, 0.5) is 5.69 Å². The maximum atomic E-state index is 12.3. The summed E-state index contributed by atoms with van der Waals surface area (Å²) >= 11 is 0. The molecule has 2 aromatic rings. The third kappa shape index (κ3) is 6.98. The molecule has 0 bridgehead atoms. The smallest absolute Gasteiger partial charge is 0.229 e. The van der Waals surface area contributed by atoms with Gasteiger partial charge >= 0.3 is 0 Å². The average molecular weight is 542 g/mol. The second kappa shape index (κ2) is 10.8. The molecule has 1 unspecified atom stereocenters. The summed E-state index contributed by atoms with van der Waals surface area (Å²) in [5.74, 6) is 0.751. The molecule has 9 heteroatoms. The van der Waals surface area contributed by atoms with Crippen LogP contribution in [-0.4, -0.2) is 46.2 Å². The molecule has 1 atom stereocenters. The Morgan fingerprint density at radius 2 is 1.73 bits per heavy atom. The molecule has 0 spiro atoms. The monoisotopic (exact) mass is 542 g/mol. The first-order chi connectivity index (χ1) is 13.8. The van der Waals surface area contributed by atoms with Crippen molar-refractivity contribution in [1.29, 1.82) is 0 Å². The third-order valence-electron chi connectivity index (χ3n) is 4.67. The Hall–Kier alpha value is -2.14. The number of halogens is 1. The van der Waals surface area contributed by atoms with Crippen LogP contribution in [0.15, 0.2) is 59.6 Å². The van der Waals surface area contributed by atoms with Crippen molar-refractivity contribution in [3.63, 3.8) is 0 Å². The summed E-state index contributed by atoms with van der Waals surface area (Å²) in [6, 6.07) is 17.1. The molecule has 2 aromatic carbocycles. The van der Waals surface area contributed by atoms with E-state index in [1.165, 1.54) is 6.26 Å². The van der Waals surface area contributed by atoms with Gasteiger partial charge in [-0.25, -0.2) is 8.42 Å². The van der Waals surface area contributed by atoms with Crippen molar-refractivity contribution in [3.05, 3.63) is 65.7 Å². The van der Waals surface area contributed by atoms with Crippen LogP contribution in [0.5, 0.6) is 0 Å². The molecule has 7 nitrogen and oxygen atoms in total. The van der Waals surface area contributed by atoms with Crippen molar-refractivity contribution in [3.8, 4) is 0 Å². The highest BCUT2D eigenvalue weighted by Crippen LogP contribution is 2.20. The Balaban J connectivity index is 0.00000320. The first-order valence-electron chi connectivity index (χ1n) is 9.42. The molecule has 1 heterocycles. The van der Waals surface area contributed by atoms with Crippen molar-refractivity contribution in [2.45, 2.75) is 24.8 Å². The summed E-state index contributed by atoms with van der Waals surface area (Å²) in [5.41, 5.74) is 2.68. The zero-order valence-corrected chi connectivity index (χ0v) is 20.2. The first-order valence-corrected chi connectivity index (χ1v) is 11.5. The lowest BCUT2D eigenvalue weighted by molar-refractivity contribution is -0.117. The quantitative estimate of drug-likeness (QED) is 0.332. The minimum atomic E-state index is -3.04. The number of hydrogen-bond acceptors (Lipinski definition) is 4. The maximum absolute atomic E-state index is 12.3. The van der Waals surface area contributed by atoms with E-state index in [-0.39, 0.29) is 41.7 Å². The highest BCUT2D eigenvalue weighted by Gasteiger charge is 2.30. The van der Waals surface area contributed by atoms with Crippen LogP contribution in [0.25, 0.3) is 0 Å². The lowest BCUT2D eigenvalue weighted by Gasteiger charge is -2.19. The number of hydrogen-bond donors (Lipinski definition) is 2. The van der Waals surface area contributed by atoms with Gasteiger partial charge in [-0.2, -0.15) is 0 Å². The molecule has 1 amide bonds. The number of anilines is 1. The number of carbonyl (C=O) groups is 1. The van der Waals surface area contributed by atoms with Crippen molar-refractivity contribution in [2.24, 2.45) is 4.99 Å². The van der Waals surface area contributed by atoms with Gasteiger partial charge in [0.2, 0.25) is 5.91 Å². The van der Waals surface area contributed by atoms with E-state index >= 15 is 0 Å². The number of carbonyl (C=O) groups excluding carboxylic acids is 1. The second-order valence-electron chi connectivity index (χ2n) is 7.20. The van der Waals surface area contributed by atoms with E-state index in [4.69, 9.17) is 0 Å². The van der Waals surface area contributed by atoms with Gasteiger partial charge in [0.25, 0.3) is 0 Å². The SMILES string of the molecule is CN=C(NCc1ccc(CS(C)(=O)=O)cc1)NC1CC(=O)N(c2ccccc2)C1.I. The van der Waals surface area contributed by atoms with Gasteiger partial charge in [-0.3, -0.25) is 9.79 Å². The van der Waals surface area contributed by atoms with Crippen molar-refractivity contribution >= 4 is 51.4 Å². The first kappa shape index (κ1) is 24.1. The predicted octanol–water partition coefficient (Wildman–Crippen LogP) is 2.32. The average Bonchev–Trinajstić information content (AvgIpc) is 3.06. The number of guanidine groups is 1. The molecule has 0 saturated carbocycles. The molecule has 0 aliphatic carbocycles. The summed E-state index contributed by atoms with van der Waals surface area (Å²) in [5, 5.41) is 6.55. The number of nitrogens with one attached hydrogen (secondary N) is 2. The molecule has 162 valence electrons. The van der Waals surface area contributed by atoms with E-state index in [0.717, 1.165) is 16.8 Å². The maximum Gasteiger partial charge on any atom is 0.229 e. The van der Waals surface area contributed by atoms with Crippen LogP contribution in [0.3, 0.4) is 0 Å². The van der Waals surface area contributed by atoms with Crippen LogP contribution in [0.1, 0.15) is 17.5 Å². The lowest BCUT2D eigenvalue weighted by Crippen LogP contribution is -2.44. The predicted molar refractivity (Wildman–Crippen MR) is 131 cm³/mol. The van der Waals surface area contributed by atoms with Gasteiger partial charge in [-0.05, 0) is 23.3 Å². The Kier molecular flexibility index (Phi) is 8.65. The van der Waals surface area contributed by atoms with E-state index in [2.05, 4.69) is 15.6 Å². The van der Waals surface area contributed by atoms with Crippen molar-refractivity contribution < 1.29 is 13.2 Å². The number of nitrogens with zero attached hydrogens (tertiary/aromatic N) is 2. The molecule has 1 aliphatic heterocycles. The van der Waals surface area contributed by atoms with Crippen LogP contribution in [-0.2, 0) is 26.9 Å². The summed E-state index contributed by atoms with van der Waals surface area (Å²) in [7, 11) is -1.35. The molecule has 3 rings (SSSR count). The van der Waals surface area contributed by atoms with Crippen LogP contribution in [0, 0.1) is 0 Å². The summed E-state index contributed by atoms with van der Waals surface area (Å²) < 4.78 is 22.8. The molecular weight excluding hydrogens is 515 g/mol. The molecule has 1 fully saturated rings. The van der Waals surface area contributed by atoms with Gasteiger partial charge in [0.15, 0.2) is 15.8 Å². The van der Waals surface area contributed by atoms with E-state index < -0.39 is 9.84 Å². The lowest BCUT2D eigenvalue weighted by atomic mass is 10.1. The minimum absolute atomic E-state index is 0. The van der Waals surface area contributed by atoms with Gasteiger partial charge < -0.3 is 15.5 Å². The van der Waals surface area contributed by atoms with Gasteiger partial charge in [0, 0.05) is 38.5 Å². The normalized spacial score (nSPS) is 16.9. The number of para-hydroxylation sites is 1. The van der Waals surface area contributed by atoms with Crippen LogP contribution >= 0.6 is 24.0 Å². The fraction of sp³-hybridized carbons (Fsp3) is 0.333. The number of rotatable bonds is 6. The van der Waals surface area contributed by atoms with Crippen LogP contribution < -0.4 is 15.5 Å². The zero-order chi connectivity index (χ0) is 20.9. The summed E-state index contributed by atoms with van der Waals surface area (Å²) in [6.07, 6.45) is 1.64. The van der Waals surface area contributed by atoms with Gasteiger partial charge in [-0.15, -0.1) is 24.0 Å². The molecule has 1 saturated heterocycles.